The average Bonchev–Trinajstić information content (AvgIpc) is 3.48. The number of methoxy groups -OCH3 is 1. The van der Waals surface area contributed by atoms with E-state index in [1.54, 1.807) is 25.1 Å². The van der Waals surface area contributed by atoms with E-state index in [0.717, 1.165) is 41.0 Å². The fourth-order valence-electron chi connectivity index (χ4n) is 5.23. The van der Waals surface area contributed by atoms with Crippen LogP contribution in [0.1, 0.15) is 31.0 Å². The Labute approximate surface area is 204 Å². The Bertz CT molecular complexity index is 1230. The second-order valence-electron chi connectivity index (χ2n) is 9.33. The van der Waals surface area contributed by atoms with Crippen LogP contribution in [0.3, 0.4) is 0 Å². The van der Waals surface area contributed by atoms with Crippen LogP contribution >= 0.6 is 0 Å². The SMILES string of the molecule is COc1cccc(CN2C(=O)N(c3ccc(-c4cn[nH]c4)c(C)n3)CC23CCN(C(C)=O)CC3)c1. The number of benzene rings is 1. The molecule has 0 bridgehead atoms. The fraction of sp³-hybridized carbons (Fsp3) is 0.385. The van der Waals surface area contributed by atoms with Gasteiger partial charge in [0.15, 0.2) is 0 Å². The number of aromatic nitrogens is 3. The number of hydrogen-bond acceptors (Lipinski definition) is 5. The molecule has 0 aliphatic carbocycles. The largest absolute Gasteiger partial charge is 0.497 e. The van der Waals surface area contributed by atoms with Crippen LogP contribution in [0, 0.1) is 6.92 Å². The molecule has 2 aliphatic heterocycles. The van der Waals surface area contributed by atoms with Crippen molar-refractivity contribution in [3.63, 3.8) is 0 Å². The number of pyridine rings is 1. The van der Waals surface area contributed by atoms with Gasteiger partial charge in [-0.3, -0.25) is 14.8 Å². The molecule has 0 radical (unpaired) electrons. The van der Waals surface area contributed by atoms with Gasteiger partial charge in [0.25, 0.3) is 0 Å². The van der Waals surface area contributed by atoms with Crippen molar-refractivity contribution in [2.75, 3.05) is 31.6 Å². The van der Waals surface area contributed by atoms with Crippen molar-refractivity contribution in [2.24, 2.45) is 0 Å². The summed E-state index contributed by atoms with van der Waals surface area (Å²) in [5.74, 6) is 1.48. The Balaban J connectivity index is 1.47. The van der Waals surface area contributed by atoms with Gasteiger partial charge in [-0.25, -0.2) is 9.78 Å². The highest BCUT2D eigenvalue weighted by atomic mass is 16.5. The number of carbonyl (C=O) groups excluding carboxylic acids is 2. The molecule has 3 amide bonds. The second kappa shape index (κ2) is 9.05. The van der Waals surface area contributed by atoms with Crippen molar-refractivity contribution in [1.82, 2.24) is 25.0 Å². The zero-order valence-electron chi connectivity index (χ0n) is 20.3. The predicted octanol–water partition coefficient (Wildman–Crippen LogP) is 3.61. The first-order valence-corrected chi connectivity index (χ1v) is 11.8. The topological polar surface area (TPSA) is 94.7 Å². The van der Waals surface area contributed by atoms with Gasteiger partial charge in [-0.15, -0.1) is 0 Å². The van der Waals surface area contributed by atoms with E-state index >= 15 is 0 Å². The first-order valence-electron chi connectivity index (χ1n) is 11.8. The number of nitrogens with zero attached hydrogens (tertiary/aromatic N) is 5. The third kappa shape index (κ3) is 4.22. The van der Waals surface area contributed by atoms with E-state index in [9.17, 15) is 9.59 Å². The molecule has 2 saturated heterocycles. The van der Waals surface area contributed by atoms with Crippen molar-refractivity contribution in [1.29, 1.82) is 0 Å². The van der Waals surface area contributed by atoms with Gasteiger partial charge in [-0.2, -0.15) is 5.10 Å². The number of piperidine rings is 1. The van der Waals surface area contributed by atoms with Gasteiger partial charge >= 0.3 is 6.03 Å². The molecular weight excluding hydrogens is 444 g/mol. The van der Waals surface area contributed by atoms with Gasteiger partial charge in [0, 0.05) is 49.6 Å². The quantitative estimate of drug-likeness (QED) is 0.610. The van der Waals surface area contributed by atoms with Crippen LogP contribution in [0.4, 0.5) is 10.6 Å². The minimum atomic E-state index is -0.370. The molecule has 35 heavy (non-hydrogen) atoms. The summed E-state index contributed by atoms with van der Waals surface area (Å²) in [5, 5.41) is 6.86. The third-order valence-corrected chi connectivity index (χ3v) is 7.26. The Morgan fingerprint density at radius 1 is 1.20 bits per heavy atom. The maximum atomic E-state index is 13.9. The smallest absolute Gasteiger partial charge is 0.326 e. The van der Waals surface area contributed by atoms with Crippen LogP contribution in [0.5, 0.6) is 5.75 Å². The van der Waals surface area contributed by atoms with E-state index in [0.29, 0.717) is 32.0 Å². The van der Waals surface area contributed by atoms with E-state index in [1.165, 1.54) is 0 Å². The highest BCUT2D eigenvalue weighted by molar-refractivity contribution is 5.95. The first-order chi connectivity index (χ1) is 16.9. The molecule has 1 N–H and O–H groups in total. The number of hydrogen-bond donors (Lipinski definition) is 1. The fourth-order valence-corrected chi connectivity index (χ4v) is 5.23. The van der Waals surface area contributed by atoms with Gasteiger partial charge in [0.2, 0.25) is 5.91 Å². The van der Waals surface area contributed by atoms with E-state index in [2.05, 4.69) is 10.2 Å². The molecule has 0 unspecified atom stereocenters. The van der Waals surface area contributed by atoms with Gasteiger partial charge < -0.3 is 14.5 Å². The molecule has 1 spiro atoms. The lowest BCUT2D eigenvalue weighted by molar-refractivity contribution is -0.131. The summed E-state index contributed by atoms with van der Waals surface area (Å²) in [6.07, 6.45) is 5.05. The van der Waals surface area contributed by atoms with Gasteiger partial charge in [-0.1, -0.05) is 12.1 Å². The predicted molar refractivity (Wildman–Crippen MR) is 132 cm³/mol. The number of aryl methyl sites for hydroxylation is 1. The molecule has 5 rings (SSSR count). The van der Waals surface area contributed by atoms with Crippen molar-refractivity contribution >= 4 is 17.8 Å². The Kier molecular flexibility index (Phi) is 5.92. The average molecular weight is 475 g/mol. The zero-order valence-corrected chi connectivity index (χ0v) is 20.3. The Morgan fingerprint density at radius 2 is 2.00 bits per heavy atom. The van der Waals surface area contributed by atoms with Crippen LogP contribution in [0.2, 0.25) is 0 Å². The Morgan fingerprint density at radius 3 is 2.66 bits per heavy atom. The number of nitrogens with one attached hydrogen (secondary N) is 1. The van der Waals surface area contributed by atoms with Crippen LogP contribution in [0.15, 0.2) is 48.8 Å². The van der Waals surface area contributed by atoms with Crippen LogP contribution < -0.4 is 9.64 Å². The zero-order chi connectivity index (χ0) is 24.6. The number of urea groups is 1. The van der Waals surface area contributed by atoms with Crippen molar-refractivity contribution < 1.29 is 14.3 Å². The summed E-state index contributed by atoms with van der Waals surface area (Å²) in [5.41, 5.74) is 3.41. The highest BCUT2D eigenvalue weighted by Gasteiger charge is 2.51. The maximum absolute atomic E-state index is 13.9. The summed E-state index contributed by atoms with van der Waals surface area (Å²) in [6.45, 7) is 5.83. The molecule has 0 atom stereocenters. The number of anilines is 1. The summed E-state index contributed by atoms with van der Waals surface area (Å²) >= 11 is 0. The van der Waals surface area contributed by atoms with Crippen molar-refractivity contribution in [2.45, 2.75) is 38.8 Å². The molecule has 182 valence electrons. The summed E-state index contributed by atoms with van der Waals surface area (Å²) in [4.78, 5) is 36.3. The van der Waals surface area contributed by atoms with Crippen LogP contribution in [-0.2, 0) is 11.3 Å². The number of H-pyrrole nitrogens is 1. The summed E-state index contributed by atoms with van der Waals surface area (Å²) in [6, 6.07) is 11.7. The van der Waals surface area contributed by atoms with E-state index < -0.39 is 0 Å². The lowest BCUT2D eigenvalue weighted by Crippen LogP contribution is -2.54. The van der Waals surface area contributed by atoms with Crippen molar-refractivity contribution in [3.8, 4) is 16.9 Å². The number of rotatable bonds is 5. The number of amides is 3. The number of aromatic amines is 1. The molecule has 4 heterocycles. The van der Waals surface area contributed by atoms with E-state index in [1.807, 2.05) is 59.3 Å². The minimum absolute atomic E-state index is 0.0629. The van der Waals surface area contributed by atoms with E-state index in [4.69, 9.17) is 9.72 Å². The molecule has 9 heteroatoms. The number of carbonyl (C=O) groups is 2. The molecular formula is C26H30N6O3. The lowest BCUT2D eigenvalue weighted by atomic mass is 9.86. The molecule has 2 aromatic heterocycles. The Hall–Kier alpha value is -3.88. The normalized spacial score (nSPS) is 17.3. The first kappa shape index (κ1) is 22.9. The molecule has 0 saturated carbocycles. The standard InChI is InChI=1S/C26H30N6O3/c1-18-23(21-14-27-28-15-21)7-8-24(29-18)31-17-26(9-11-30(12-10-26)19(2)33)32(25(31)34)16-20-5-4-6-22(13-20)35-3/h4-8,13-15H,9-12,16-17H2,1-3H3,(H,27,28). The summed E-state index contributed by atoms with van der Waals surface area (Å²) in [7, 11) is 1.64. The van der Waals surface area contributed by atoms with Gasteiger partial charge in [-0.05, 0) is 49.6 Å². The molecule has 9 nitrogen and oxygen atoms in total. The third-order valence-electron chi connectivity index (χ3n) is 7.26. The minimum Gasteiger partial charge on any atom is -0.497 e. The molecule has 2 fully saturated rings. The summed E-state index contributed by atoms with van der Waals surface area (Å²) < 4.78 is 5.39. The van der Waals surface area contributed by atoms with Crippen LogP contribution in [-0.4, -0.2) is 69.2 Å². The number of ether oxygens (including phenoxy) is 1. The van der Waals surface area contributed by atoms with Gasteiger partial charge in [0.1, 0.15) is 11.6 Å². The monoisotopic (exact) mass is 474 g/mol. The maximum Gasteiger partial charge on any atom is 0.326 e. The highest BCUT2D eigenvalue weighted by Crippen LogP contribution is 2.39. The van der Waals surface area contributed by atoms with Gasteiger partial charge in [0.05, 0.1) is 25.4 Å². The number of likely N-dealkylation sites (tertiary alicyclic amines) is 1. The molecule has 2 aliphatic rings. The van der Waals surface area contributed by atoms with Crippen LogP contribution in [0.25, 0.3) is 11.1 Å². The second-order valence-corrected chi connectivity index (χ2v) is 9.33. The molecule has 3 aromatic rings. The van der Waals surface area contributed by atoms with E-state index in [-0.39, 0.29) is 17.5 Å². The van der Waals surface area contributed by atoms with Crippen molar-refractivity contribution in [3.05, 3.63) is 60.0 Å². The lowest BCUT2D eigenvalue weighted by Gasteiger charge is -2.43. The molecule has 1 aromatic carbocycles.